The molecule has 0 amide bonds. The predicted molar refractivity (Wildman–Crippen MR) is 109 cm³/mol. The van der Waals surface area contributed by atoms with Crippen LogP contribution < -0.4 is 5.32 Å². The second kappa shape index (κ2) is 7.51. The van der Waals surface area contributed by atoms with Crippen molar-refractivity contribution in [2.45, 2.75) is 11.8 Å². The smallest absolute Gasteiger partial charge is 0.372 e. The number of alkyl halides is 3. The molecule has 158 valence electrons. The summed E-state index contributed by atoms with van der Waals surface area (Å²) < 4.78 is 55.7. The molecule has 0 aliphatic carbocycles. The summed E-state index contributed by atoms with van der Waals surface area (Å²) in [6, 6.07) is 11.9. The number of nitrogens with one attached hydrogen (secondary N) is 3. The Bertz CT molecular complexity index is 1250. The molecule has 2 aromatic heterocycles. The zero-order valence-corrected chi connectivity index (χ0v) is 15.8. The zero-order valence-electron chi connectivity index (χ0n) is 15.8. The number of benzene rings is 2. The number of nitrogens with zero attached hydrogens (tertiary/aromatic N) is 1. The summed E-state index contributed by atoms with van der Waals surface area (Å²) in [5.41, 5.74) is -3.03. The normalized spacial score (nSPS) is 13.7. The number of pyridine rings is 1. The van der Waals surface area contributed by atoms with Crippen LogP contribution in [0.25, 0.3) is 11.0 Å². The Morgan fingerprint density at radius 2 is 1.81 bits per heavy atom. The SMILES string of the molecule is N=Cc1cc(C(O)(c2c[nH]c3ncccc23)C(F)(F)F)ccc1Nc1ccc(F)cc1. The largest absolute Gasteiger partial charge is 0.425 e. The van der Waals surface area contributed by atoms with Gasteiger partial charge in [0.25, 0.3) is 0 Å². The van der Waals surface area contributed by atoms with Gasteiger partial charge in [0, 0.05) is 46.5 Å². The van der Waals surface area contributed by atoms with Gasteiger partial charge in [0.15, 0.2) is 0 Å². The second-order valence-electron chi connectivity index (χ2n) is 6.89. The fraction of sp³-hybridized carbons (Fsp3) is 0.0909. The van der Waals surface area contributed by atoms with Crippen molar-refractivity contribution in [3.8, 4) is 0 Å². The van der Waals surface area contributed by atoms with E-state index in [4.69, 9.17) is 5.41 Å². The summed E-state index contributed by atoms with van der Waals surface area (Å²) in [5.74, 6) is -0.434. The molecule has 0 saturated heterocycles. The van der Waals surface area contributed by atoms with Gasteiger partial charge in [-0.15, -0.1) is 0 Å². The summed E-state index contributed by atoms with van der Waals surface area (Å²) in [4.78, 5) is 6.64. The van der Waals surface area contributed by atoms with Crippen molar-refractivity contribution in [1.29, 1.82) is 5.41 Å². The third-order valence-electron chi connectivity index (χ3n) is 5.00. The standard InChI is InChI=1S/C22H16F4N4O/c23-15-4-6-16(7-5-15)30-19-8-3-14(10-13(19)11-27)21(31,22(24,25)26)18-12-29-20-17(18)2-1-9-28-20/h1-12,27,30-31H,(H,28,29). The van der Waals surface area contributed by atoms with E-state index < -0.39 is 28.7 Å². The Morgan fingerprint density at radius 1 is 1.06 bits per heavy atom. The first kappa shape index (κ1) is 20.5. The van der Waals surface area contributed by atoms with Crippen LogP contribution in [0.3, 0.4) is 0 Å². The second-order valence-corrected chi connectivity index (χ2v) is 6.89. The Hall–Kier alpha value is -3.72. The van der Waals surface area contributed by atoms with Crippen molar-refractivity contribution in [2.24, 2.45) is 0 Å². The molecule has 4 N–H and O–H groups in total. The molecule has 4 aromatic rings. The molecule has 5 nitrogen and oxygen atoms in total. The first-order valence-corrected chi connectivity index (χ1v) is 9.13. The maximum atomic E-state index is 14.2. The van der Waals surface area contributed by atoms with E-state index in [9.17, 15) is 22.7 Å². The fourth-order valence-corrected chi connectivity index (χ4v) is 3.44. The lowest BCUT2D eigenvalue weighted by Crippen LogP contribution is -2.43. The van der Waals surface area contributed by atoms with Crippen molar-refractivity contribution in [3.63, 3.8) is 0 Å². The van der Waals surface area contributed by atoms with Gasteiger partial charge in [-0.05, 0) is 54.1 Å². The highest BCUT2D eigenvalue weighted by Gasteiger charge is 2.57. The maximum absolute atomic E-state index is 14.2. The monoisotopic (exact) mass is 428 g/mol. The van der Waals surface area contributed by atoms with Crippen molar-refractivity contribution in [3.05, 3.63) is 89.5 Å². The topological polar surface area (TPSA) is 84.8 Å². The summed E-state index contributed by atoms with van der Waals surface area (Å²) in [5, 5.41) is 21.7. The van der Waals surface area contributed by atoms with Crippen LogP contribution in [0.4, 0.5) is 28.9 Å². The lowest BCUT2D eigenvalue weighted by atomic mass is 9.84. The lowest BCUT2D eigenvalue weighted by molar-refractivity contribution is -0.247. The van der Waals surface area contributed by atoms with Crippen LogP contribution in [0.1, 0.15) is 16.7 Å². The maximum Gasteiger partial charge on any atom is 0.425 e. The predicted octanol–water partition coefficient (Wildman–Crippen LogP) is 5.24. The van der Waals surface area contributed by atoms with Crippen LogP contribution in [0.2, 0.25) is 0 Å². The molecule has 0 aliphatic rings. The number of hydrogen-bond acceptors (Lipinski definition) is 4. The van der Waals surface area contributed by atoms with Crippen molar-refractivity contribution in [2.75, 3.05) is 5.32 Å². The van der Waals surface area contributed by atoms with Gasteiger partial charge in [-0.1, -0.05) is 6.07 Å². The third-order valence-corrected chi connectivity index (χ3v) is 5.00. The van der Waals surface area contributed by atoms with Gasteiger partial charge in [-0.25, -0.2) is 9.37 Å². The molecule has 1 atom stereocenters. The molecule has 2 aromatic carbocycles. The van der Waals surface area contributed by atoms with E-state index in [2.05, 4.69) is 15.3 Å². The Morgan fingerprint density at radius 3 is 2.48 bits per heavy atom. The lowest BCUT2D eigenvalue weighted by Gasteiger charge is -2.31. The molecule has 9 heteroatoms. The summed E-state index contributed by atoms with van der Waals surface area (Å²) >= 11 is 0. The summed E-state index contributed by atoms with van der Waals surface area (Å²) in [6.07, 6.45) is -1.66. The minimum absolute atomic E-state index is 0.113. The molecule has 0 aliphatic heterocycles. The quantitative estimate of drug-likeness (QED) is 0.259. The van der Waals surface area contributed by atoms with Crippen LogP contribution in [0.5, 0.6) is 0 Å². The van der Waals surface area contributed by atoms with E-state index in [-0.39, 0.29) is 16.6 Å². The van der Waals surface area contributed by atoms with Crippen LogP contribution >= 0.6 is 0 Å². The Labute approximate surface area is 173 Å². The number of aromatic nitrogens is 2. The van der Waals surface area contributed by atoms with Gasteiger partial charge < -0.3 is 20.8 Å². The number of fused-ring (bicyclic) bond motifs is 1. The highest BCUT2D eigenvalue weighted by atomic mass is 19.4. The van der Waals surface area contributed by atoms with E-state index in [0.29, 0.717) is 11.4 Å². The van der Waals surface area contributed by atoms with Gasteiger partial charge >= 0.3 is 6.18 Å². The van der Waals surface area contributed by atoms with Crippen LogP contribution in [0.15, 0.2) is 67.0 Å². The number of hydrogen-bond donors (Lipinski definition) is 4. The van der Waals surface area contributed by atoms with Gasteiger partial charge in [0.2, 0.25) is 5.60 Å². The van der Waals surface area contributed by atoms with E-state index in [0.717, 1.165) is 24.5 Å². The van der Waals surface area contributed by atoms with Gasteiger partial charge in [-0.3, -0.25) is 0 Å². The van der Waals surface area contributed by atoms with Crippen molar-refractivity contribution >= 4 is 28.6 Å². The molecular weight excluding hydrogens is 412 g/mol. The zero-order chi connectivity index (χ0) is 22.2. The number of H-pyrrole nitrogens is 1. The molecule has 0 spiro atoms. The van der Waals surface area contributed by atoms with Crippen LogP contribution in [0, 0.1) is 11.2 Å². The van der Waals surface area contributed by atoms with Gasteiger partial charge in [0.05, 0.1) is 0 Å². The molecule has 31 heavy (non-hydrogen) atoms. The van der Waals surface area contributed by atoms with E-state index >= 15 is 0 Å². The molecule has 4 rings (SSSR count). The molecule has 0 bridgehead atoms. The third kappa shape index (κ3) is 3.53. The van der Waals surface area contributed by atoms with E-state index in [1.54, 1.807) is 0 Å². The highest BCUT2D eigenvalue weighted by Crippen LogP contribution is 2.46. The van der Waals surface area contributed by atoms with Gasteiger partial charge in [0.1, 0.15) is 11.5 Å². The van der Waals surface area contributed by atoms with Crippen LogP contribution in [-0.2, 0) is 5.60 Å². The van der Waals surface area contributed by atoms with Crippen molar-refractivity contribution in [1.82, 2.24) is 9.97 Å². The number of aliphatic hydroxyl groups is 1. The molecular formula is C22H16F4N4O. The molecule has 1 unspecified atom stereocenters. The van der Waals surface area contributed by atoms with Crippen molar-refractivity contribution < 1.29 is 22.7 Å². The van der Waals surface area contributed by atoms with Gasteiger partial charge in [-0.2, -0.15) is 13.2 Å². The minimum Gasteiger partial charge on any atom is -0.372 e. The van der Waals surface area contributed by atoms with E-state index in [1.807, 2.05) is 0 Å². The first-order valence-electron chi connectivity index (χ1n) is 9.13. The molecule has 0 saturated carbocycles. The average molecular weight is 428 g/mol. The summed E-state index contributed by atoms with van der Waals surface area (Å²) in [7, 11) is 0. The molecule has 2 heterocycles. The number of rotatable bonds is 5. The highest BCUT2D eigenvalue weighted by molar-refractivity contribution is 5.88. The van der Waals surface area contributed by atoms with Crippen LogP contribution in [-0.4, -0.2) is 27.5 Å². The minimum atomic E-state index is -5.05. The fourth-order valence-electron chi connectivity index (χ4n) is 3.44. The Balaban J connectivity index is 1.83. The first-order chi connectivity index (χ1) is 14.7. The Kier molecular flexibility index (Phi) is 4.98. The molecule has 0 fully saturated rings. The number of halogens is 4. The molecule has 0 radical (unpaired) electrons. The number of anilines is 2. The van der Waals surface area contributed by atoms with E-state index in [1.165, 1.54) is 48.7 Å². The number of aromatic amines is 1. The summed E-state index contributed by atoms with van der Waals surface area (Å²) in [6.45, 7) is 0. The average Bonchev–Trinajstić information content (AvgIpc) is 3.19.